The molecule has 0 unspecified atom stereocenters. The van der Waals surface area contributed by atoms with E-state index < -0.39 is 0 Å². The number of hydrogen-bond acceptors (Lipinski definition) is 3. The van der Waals surface area contributed by atoms with Crippen LogP contribution in [-0.4, -0.2) is 55.7 Å². The van der Waals surface area contributed by atoms with Gasteiger partial charge in [0.2, 0.25) is 0 Å². The topological polar surface area (TPSA) is 24.5 Å². The molecule has 0 radical (unpaired) electrons. The molecule has 0 amide bonds. The molecule has 0 saturated carbocycles. The van der Waals surface area contributed by atoms with E-state index in [1.807, 2.05) is 0 Å². The third-order valence-corrected chi connectivity index (χ3v) is 3.14. The first kappa shape index (κ1) is 12.2. The van der Waals surface area contributed by atoms with E-state index in [-0.39, 0.29) is 5.54 Å². The Bertz CT molecular complexity index is 158. The molecule has 0 aromatic carbocycles. The van der Waals surface area contributed by atoms with E-state index >= 15 is 0 Å². The largest absolute Gasteiger partial charge is 0.379 e. The van der Waals surface area contributed by atoms with E-state index in [1.165, 1.54) is 0 Å². The maximum atomic E-state index is 5.82. The van der Waals surface area contributed by atoms with Crippen LogP contribution in [0, 0.1) is 0 Å². The summed E-state index contributed by atoms with van der Waals surface area (Å²) in [6.07, 6.45) is 0. The maximum Gasteiger partial charge on any atom is 0.0594 e. The van der Waals surface area contributed by atoms with Crippen molar-refractivity contribution in [2.24, 2.45) is 0 Å². The second-order valence-electron chi connectivity index (χ2n) is 4.40. The van der Waals surface area contributed by atoms with Crippen LogP contribution in [0.5, 0.6) is 0 Å². The Labute approximate surface area is 91.7 Å². The van der Waals surface area contributed by atoms with E-state index in [2.05, 4.69) is 24.1 Å². The summed E-state index contributed by atoms with van der Waals surface area (Å²) in [7, 11) is 0. The first-order valence-electron chi connectivity index (χ1n) is 5.25. The molecule has 1 heterocycles. The van der Waals surface area contributed by atoms with Crippen LogP contribution in [-0.2, 0) is 4.74 Å². The van der Waals surface area contributed by atoms with Crippen molar-refractivity contribution in [3.8, 4) is 0 Å². The van der Waals surface area contributed by atoms with Crippen molar-refractivity contribution < 1.29 is 4.74 Å². The van der Waals surface area contributed by atoms with E-state index in [0.717, 1.165) is 39.4 Å². The van der Waals surface area contributed by atoms with Crippen molar-refractivity contribution in [1.29, 1.82) is 0 Å². The minimum atomic E-state index is 0.0494. The molecule has 1 fully saturated rings. The molecule has 0 aliphatic carbocycles. The molecule has 0 spiro atoms. The highest BCUT2D eigenvalue weighted by atomic mass is 35.5. The Balaban J connectivity index is 2.08. The zero-order chi connectivity index (χ0) is 10.4. The maximum absolute atomic E-state index is 5.82. The summed E-state index contributed by atoms with van der Waals surface area (Å²) in [6, 6.07) is 0. The number of rotatable bonds is 5. The highest BCUT2D eigenvalue weighted by Crippen LogP contribution is 2.03. The Morgan fingerprint density at radius 1 is 1.36 bits per heavy atom. The van der Waals surface area contributed by atoms with Gasteiger partial charge in [-0.1, -0.05) is 0 Å². The minimum absolute atomic E-state index is 0.0494. The number of nitrogens with zero attached hydrogens (tertiary/aromatic N) is 1. The van der Waals surface area contributed by atoms with Crippen molar-refractivity contribution in [3.05, 3.63) is 0 Å². The molecule has 84 valence electrons. The lowest BCUT2D eigenvalue weighted by atomic mass is 10.1. The summed E-state index contributed by atoms with van der Waals surface area (Å²) in [5.74, 6) is 0.649. The van der Waals surface area contributed by atoms with E-state index in [0.29, 0.717) is 5.88 Å². The van der Waals surface area contributed by atoms with Crippen LogP contribution in [0.2, 0.25) is 0 Å². The second kappa shape index (κ2) is 5.91. The van der Waals surface area contributed by atoms with Crippen molar-refractivity contribution in [2.75, 3.05) is 45.3 Å². The van der Waals surface area contributed by atoms with Crippen LogP contribution in [0.25, 0.3) is 0 Å². The lowest BCUT2D eigenvalue weighted by Crippen LogP contribution is -2.46. The smallest absolute Gasteiger partial charge is 0.0594 e. The molecule has 1 saturated heterocycles. The van der Waals surface area contributed by atoms with Gasteiger partial charge in [-0.15, -0.1) is 11.6 Å². The SMILES string of the molecule is CC(C)(CCl)NCCN1CCOCC1. The van der Waals surface area contributed by atoms with Crippen LogP contribution in [0.4, 0.5) is 0 Å². The summed E-state index contributed by atoms with van der Waals surface area (Å²) in [4.78, 5) is 2.42. The third kappa shape index (κ3) is 4.60. The van der Waals surface area contributed by atoms with Gasteiger partial charge in [0.05, 0.1) is 13.2 Å². The molecule has 0 aromatic rings. The predicted octanol–water partition coefficient (Wildman–Crippen LogP) is 0.926. The summed E-state index contributed by atoms with van der Waals surface area (Å²) in [5.41, 5.74) is 0.0494. The lowest BCUT2D eigenvalue weighted by molar-refractivity contribution is 0.0378. The molecule has 4 heteroatoms. The predicted molar refractivity (Wildman–Crippen MR) is 60.1 cm³/mol. The fraction of sp³-hybridized carbons (Fsp3) is 1.00. The Hall–Kier alpha value is 0.170. The number of ether oxygens (including phenoxy) is 1. The van der Waals surface area contributed by atoms with Crippen LogP contribution in [0.3, 0.4) is 0 Å². The zero-order valence-corrected chi connectivity index (χ0v) is 9.94. The fourth-order valence-electron chi connectivity index (χ4n) is 1.42. The molecule has 0 bridgehead atoms. The fourth-order valence-corrected chi connectivity index (χ4v) is 1.52. The van der Waals surface area contributed by atoms with Crippen molar-refractivity contribution in [1.82, 2.24) is 10.2 Å². The quantitative estimate of drug-likeness (QED) is 0.698. The average molecular weight is 221 g/mol. The number of alkyl halides is 1. The Morgan fingerprint density at radius 3 is 2.57 bits per heavy atom. The molecule has 0 aromatic heterocycles. The number of morpholine rings is 1. The van der Waals surface area contributed by atoms with Gasteiger partial charge in [0.25, 0.3) is 0 Å². The standard InChI is InChI=1S/C10H21ClN2O/c1-10(2,9-11)12-3-4-13-5-7-14-8-6-13/h12H,3-9H2,1-2H3. The van der Waals surface area contributed by atoms with Crippen molar-refractivity contribution in [3.63, 3.8) is 0 Å². The molecule has 1 aliphatic rings. The van der Waals surface area contributed by atoms with Crippen LogP contribution < -0.4 is 5.32 Å². The van der Waals surface area contributed by atoms with E-state index in [9.17, 15) is 0 Å². The molecular formula is C10H21ClN2O. The highest BCUT2D eigenvalue weighted by molar-refractivity contribution is 6.18. The van der Waals surface area contributed by atoms with E-state index in [1.54, 1.807) is 0 Å². The Morgan fingerprint density at radius 2 is 2.00 bits per heavy atom. The molecule has 14 heavy (non-hydrogen) atoms. The van der Waals surface area contributed by atoms with Crippen molar-refractivity contribution >= 4 is 11.6 Å². The number of hydrogen-bond donors (Lipinski definition) is 1. The number of halogens is 1. The summed E-state index contributed by atoms with van der Waals surface area (Å²) >= 11 is 5.82. The van der Waals surface area contributed by atoms with Gasteiger partial charge in [-0.2, -0.15) is 0 Å². The van der Waals surface area contributed by atoms with Gasteiger partial charge in [0.15, 0.2) is 0 Å². The van der Waals surface area contributed by atoms with Gasteiger partial charge in [-0.05, 0) is 13.8 Å². The van der Waals surface area contributed by atoms with Gasteiger partial charge in [0.1, 0.15) is 0 Å². The minimum Gasteiger partial charge on any atom is -0.379 e. The second-order valence-corrected chi connectivity index (χ2v) is 4.67. The molecule has 3 nitrogen and oxygen atoms in total. The summed E-state index contributed by atoms with van der Waals surface area (Å²) in [6.45, 7) is 10.2. The van der Waals surface area contributed by atoms with Gasteiger partial charge >= 0.3 is 0 Å². The third-order valence-electron chi connectivity index (χ3n) is 2.47. The average Bonchev–Trinajstić information content (AvgIpc) is 2.19. The van der Waals surface area contributed by atoms with Crippen LogP contribution >= 0.6 is 11.6 Å². The van der Waals surface area contributed by atoms with Crippen molar-refractivity contribution in [2.45, 2.75) is 19.4 Å². The van der Waals surface area contributed by atoms with Crippen LogP contribution in [0.1, 0.15) is 13.8 Å². The molecule has 0 atom stereocenters. The highest BCUT2D eigenvalue weighted by Gasteiger charge is 2.16. The summed E-state index contributed by atoms with van der Waals surface area (Å²) < 4.78 is 5.28. The zero-order valence-electron chi connectivity index (χ0n) is 9.18. The summed E-state index contributed by atoms with van der Waals surface area (Å²) in [5, 5.41) is 3.44. The van der Waals surface area contributed by atoms with Gasteiger partial charge < -0.3 is 10.1 Å². The first-order valence-corrected chi connectivity index (χ1v) is 5.78. The molecular weight excluding hydrogens is 200 g/mol. The molecule has 1 rings (SSSR count). The monoisotopic (exact) mass is 220 g/mol. The first-order chi connectivity index (χ1) is 6.64. The van der Waals surface area contributed by atoms with Gasteiger partial charge in [-0.25, -0.2) is 0 Å². The number of nitrogens with one attached hydrogen (secondary N) is 1. The van der Waals surface area contributed by atoms with Gasteiger partial charge in [-0.3, -0.25) is 4.90 Å². The Kier molecular flexibility index (Phi) is 5.17. The van der Waals surface area contributed by atoms with Crippen LogP contribution in [0.15, 0.2) is 0 Å². The lowest BCUT2D eigenvalue weighted by Gasteiger charge is -2.29. The normalized spacial score (nSPS) is 19.9. The van der Waals surface area contributed by atoms with Gasteiger partial charge in [0, 0.05) is 37.6 Å². The molecule has 1 N–H and O–H groups in total. The van der Waals surface area contributed by atoms with E-state index in [4.69, 9.17) is 16.3 Å². The molecule has 1 aliphatic heterocycles.